The van der Waals surface area contributed by atoms with Gasteiger partial charge in [0.25, 0.3) is 0 Å². The van der Waals surface area contributed by atoms with Crippen molar-refractivity contribution in [1.82, 2.24) is 19.7 Å². The van der Waals surface area contributed by atoms with Gasteiger partial charge in [-0.25, -0.2) is 9.97 Å². The van der Waals surface area contributed by atoms with Crippen molar-refractivity contribution in [2.24, 2.45) is 0 Å². The second-order valence-corrected chi connectivity index (χ2v) is 6.61. The second-order valence-electron chi connectivity index (χ2n) is 6.61. The van der Waals surface area contributed by atoms with Gasteiger partial charge in [-0.05, 0) is 32.0 Å². The number of aromatic nitrogens is 4. The van der Waals surface area contributed by atoms with Crippen molar-refractivity contribution in [1.29, 1.82) is 0 Å². The van der Waals surface area contributed by atoms with Gasteiger partial charge >= 0.3 is 0 Å². The van der Waals surface area contributed by atoms with Crippen LogP contribution in [0.15, 0.2) is 36.9 Å². The zero-order chi connectivity index (χ0) is 18.8. The van der Waals surface area contributed by atoms with Crippen LogP contribution in [0.2, 0.25) is 0 Å². The van der Waals surface area contributed by atoms with Gasteiger partial charge in [0.15, 0.2) is 6.29 Å². The summed E-state index contributed by atoms with van der Waals surface area (Å²) in [4.78, 5) is 20.2. The molecule has 0 N–H and O–H groups in total. The minimum atomic E-state index is 0.206. The van der Waals surface area contributed by atoms with E-state index in [2.05, 4.69) is 28.9 Å². The van der Waals surface area contributed by atoms with Gasteiger partial charge in [0.1, 0.15) is 24.4 Å². The third kappa shape index (κ3) is 3.16. The molecule has 3 aromatic rings. The first kappa shape index (κ1) is 17.2. The number of hydrogen-bond donors (Lipinski definition) is 0. The first-order chi connectivity index (χ1) is 13.2. The van der Waals surface area contributed by atoms with Gasteiger partial charge in [-0.1, -0.05) is 0 Å². The van der Waals surface area contributed by atoms with Gasteiger partial charge in [0.2, 0.25) is 0 Å². The number of ether oxygens (including phenoxy) is 2. The van der Waals surface area contributed by atoms with Gasteiger partial charge in [-0.15, -0.1) is 0 Å². The molecule has 0 unspecified atom stereocenters. The summed E-state index contributed by atoms with van der Waals surface area (Å²) < 4.78 is 13.4. The normalized spacial score (nSPS) is 12.7. The largest absolute Gasteiger partial charge is 0.493 e. The fraction of sp³-hybridized carbons (Fsp3) is 0.300. The molecule has 0 amide bonds. The fourth-order valence-corrected chi connectivity index (χ4v) is 3.30. The molecule has 27 heavy (non-hydrogen) atoms. The summed E-state index contributed by atoms with van der Waals surface area (Å²) in [5.74, 6) is 1.30. The second kappa shape index (κ2) is 7.19. The highest BCUT2D eigenvalue weighted by Crippen LogP contribution is 2.34. The number of carbonyl (C=O) groups is 1. The molecule has 138 valence electrons. The number of benzene rings is 1. The van der Waals surface area contributed by atoms with Crippen LogP contribution in [-0.2, 0) is 13.0 Å². The van der Waals surface area contributed by atoms with Crippen molar-refractivity contribution in [3.8, 4) is 22.9 Å². The molecule has 0 saturated heterocycles. The lowest BCUT2D eigenvalue weighted by Gasteiger charge is -2.15. The van der Waals surface area contributed by atoms with Gasteiger partial charge in [-0.3, -0.25) is 9.48 Å². The SMILES string of the molecule is CC(C)n1nccc1-c1ncncc1COc1ccc2c(c1C=O)CCO2. The van der Waals surface area contributed by atoms with Crippen LogP contribution >= 0.6 is 0 Å². The monoisotopic (exact) mass is 364 g/mol. The number of rotatable bonds is 6. The maximum atomic E-state index is 11.6. The van der Waals surface area contributed by atoms with Crippen LogP contribution in [0.3, 0.4) is 0 Å². The van der Waals surface area contributed by atoms with Crippen molar-refractivity contribution < 1.29 is 14.3 Å². The molecule has 0 aliphatic carbocycles. The Balaban J connectivity index is 1.64. The summed E-state index contributed by atoms with van der Waals surface area (Å²) in [6.07, 6.45) is 6.55. The molecular formula is C20H20N4O3. The molecule has 7 nitrogen and oxygen atoms in total. The number of carbonyl (C=O) groups excluding carboxylic acids is 1. The first-order valence-corrected chi connectivity index (χ1v) is 8.88. The smallest absolute Gasteiger partial charge is 0.154 e. The number of fused-ring (bicyclic) bond motifs is 1. The summed E-state index contributed by atoms with van der Waals surface area (Å²) in [6.45, 7) is 4.98. The Bertz CT molecular complexity index is 981. The van der Waals surface area contributed by atoms with Crippen LogP contribution in [0.5, 0.6) is 11.5 Å². The average Bonchev–Trinajstić information content (AvgIpc) is 3.35. The Morgan fingerprint density at radius 3 is 3.04 bits per heavy atom. The van der Waals surface area contributed by atoms with Crippen LogP contribution in [0, 0.1) is 0 Å². The highest BCUT2D eigenvalue weighted by atomic mass is 16.5. The summed E-state index contributed by atoms with van der Waals surface area (Å²) in [5, 5.41) is 4.37. The Kier molecular flexibility index (Phi) is 4.58. The van der Waals surface area contributed by atoms with Crippen molar-refractivity contribution in [2.45, 2.75) is 32.9 Å². The van der Waals surface area contributed by atoms with Gasteiger partial charge < -0.3 is 9.47 Å². The minimum Gasteiger partial charge on any atom is -0.493 e. The average molecular weight is 364 g/mol. The molecule has 0 atom stereocenters. The minimum absolute atomic E-state index is 0.206. The summed E-state index contributed by atoms with van der Waals surface area (Å²) in [6, 6.07) is 5.75. The van der Waals surface area contributed by atoms with Gasteiger partial charge in [0, 0.05) is 36.0 Å². The van der Waals surface area contributed by atoms with Crippen LogP contribution in [0.25, 0.3) is 11.4 Å². The maximum absolute atomic E-state index is 11.6. The summed E-state index contributed by atoms with van der Waals surface area (Å²) in [7, 11) is 0. The summed E-state index contributed by atoms with van der Waals surface area (Å²) >= 11 is 0. The van der Waals surface area contributed by atoms with Crippen LogP contribution in [0.4, 0.5) is 0 Å². The van der Waals surface area contributed by atoms with E-state index in [4.69, 9.17) is 9.47 Å². The van der Waals surface area contributed by atoms with Crippen LogP contribution < -0.4 is 9.47 Å². The lowest BCUT2D eigenvalue weighted by atomic mass is 10.1. The maximum Gasteiger partial charge on any atom is 0.154 e. The molecule has 0 fully saturated rings. The van der Waals surface area contributed by atoms with Gasteiger partial charge in [0.05, 0.1) is 23.6 Å². The molecule has 1 aliphatic rings. The van der Waals surface area contributed by atoms with E-state index in [1.807, 2.05) is 16.8 Å². The number of hydrogen-bond acceptors (Lipinski definition) is 6. The standard InChI is InChI=1S/C20H20N4O3/c1-13(2)24-17(5-7-23-24)20-14(9-21-12-22-20)11-27-19-4-3-18-15(6-8-26-18)16(19)10-25/h3-5,7,9-10,12-13H,6,8,11H2,1-2H3. The predicted octanol–water partition coefficient (Wildman–Crippen LogP) is 3.25. The Hall–Kier alpha value is -3.22. The topological polar surface area (TPSA) is 79.1 Å². The number of nitrogens with zero attached hydrogens (tertiary/aromatic N) is 4. The molecule has 3 heterocycles. The molecule has 2 aromatic heterocycles. The Labute approximate surface area is 157 Å². The van der Waals surface area contributed by atoms with E-state index in [0.29, 0.717) is 24.3 Å². The van der Waals surface area contributed by atoms with E-state index in [-0.39, 0.29) is 12.6 Å². The van der Waals surface area contributed by atoms with Gasteiger partial charge in [-0.2, -0.15) is 5.10 Å². The lowest BCUT2D eigenvalue weighted by molar-refractivity contribution is 0.111. The van der Waals surface area contributed by atoms with Crippen LogP contribution in [0.1, 0.15) is 41.4 Å². The summed E-state index contributed by atoms with van der Waals surface area (Å²) in [5.41, 5.74) is 3.96. The van der Waals surface area contributed by atoms with Crippen molar-refractivity contribution >= 4 is 6.29 Å². The molecule has 0 spiro atoms. The lowest BCUT2D eigenvalue weighted by Crippen LogP contribution is -2.08. The quantitative estimate of drug-likeness (QED) is 0.625. The molecule has 0 radical (unpaired) electrons. The van der Waals surface area contributed by atoms with E-state index in [9.17, 15) is 4.79 Å². The molecule has 1 aromatic carbocycles. The number of aldehydes is 1. The Morgan fingerprint density at radius 2 is 2.22 bits per heavy atom. The van der Waals surface area contributed by atoms with E-state index in [1.165, 1.54) is 6.33 Å². The predicted molar refractivity (Wildman–Crippen MR) is 99.0 cm³/mol. The first-order valence-electron chi connectivity index (χ1n) is 8.88. The molecule has 4 rings (SSSR count). The molecule has 0 bridgehead atoms. The zero-order valence-corrected chi connectivity index (χ0v) is 15.3. The third-order valence-corrected chi connectivity index (χ3v) is 4.57. The van der Waals surface area contributed by atoms with Crippen molar-refractivity contribution in [3.63, 3.8) is 0 Å². The van der Waals surface area contributed by atoms with E-state index in [0.717, 1.165) is 34.6 Å². The van der Waals surface area contributed by atoms with E-state index >= 15 is 0 Å². The molecule has 0 saturated carbocycles. The van der Waals surface area contributed by atoms with E-state index in [1.54, 1.807) is 18.5 Å². The fourth-order valence-electron chi connectivity index (χ4n) is 3.30. The Morgan fingerprint density at radius 1 is 1.33 bits per heavy atom. The highest BCUT2D eigenvalue weighted by Gasteiger charge is 2.20. The zero-order valence-electron chi connectivity index (χ0n) is 15.3. The van der Waals surface area contributed by atoms with Crippen molar-refractivity contribution in [2.75, 3.05) is 6.61 Å². The molecular weight excluding hydrogens is 344 g/mol. The van der Waals surface area contributed by atoms with Crippen molar-refractivity contribution in [3.05, 3.63) is 53.6 Å². The molecule has 7 heteroatoms. The third-order valence-electron chi connectivity index (χ3n) is 4.57. The highest BCUT2D eigenvalue weighted by molar-refractivity contribution is 5.83. The van der Waals surface area contributed by atoms with E-state index < -0.39 is 0 Å². The molecule has 1 aliphatic heterocycles. The van der Waals surface area contributed by atoms with Crippen LogP contribution in [-0.4, -0.2) is 32.6 Å².